The van der Waals surface area contributed by atoms with Crippen molar-refractivity contribution in [1.82, 2.24) is 0 Å². The van der Waals surface area contributed by atoms with E-state index in [1.165, 1.54) is 20.7 Å². The minimum absolute atomic E-state index is 0.622. The maximum absolute atomic E-state index is 7.07. The molecule has 0 bridgehead atoms. The summed E-state index contributed by atoms with van der Waals surface area (Å²) in [7, 11) is 0. The van der Waals surface area contributed by atoms with Gasteiger partial charge in [0.25, 0.3) is 0 Å². The second-order valence-corrected chi connectivity index (χ2v) is 2.77. The van der Waals surface area contributed by atoms with Crippen molar-refractivity contribution in [3.05, 3.63) is 55.6 Å². The second kappa shape index (κ2) is 4.01. The van der Waals surface area contributed by atoms with Gasteiger partial charge in [0, 0.05) is 0 Å². The van der Waals surface area contributed by atoms with Gasteiger partial charge in [-0.2, -0.15) is 0 Å². The van der Waals surface area contributed by atoms with Crippen molar-refractivity contribution in [3.63, 3.8) is 0 Å². The Bertz CT molecular complexity index is 237. The van der Waals surface area contributed by atoms with Crippen LogP contribution in [0.25, 0.3) is 0 Å². The predicted molar refractivity (Wildman–Crippen MR) is 53.6 cm³/mol. The van der Waals surface area contributed by atoms with E-state index in [0.29, 0.717) is 19.3 Å². The van der Waals surface area contributed by atoms with Crippen LogP contribution in [0.2, 0.25) is 0 Å². The Morgan fingerprint density at radius 1 is 0.833 bits per heavy atom. The molecule has 0 radical (unpaired) electrons. The monoisotopic (exact) mass is 162 g/mol. The maximum atomic E-state index is 7.07. The van der Waals surface area contributed by atoms with Crippen molar-refractivity contribution in [2.75, 3.05) is 0 Å². The fourth-order valence-corrected chi connectivity index (χ4v) is 1.19. The second-order valence-electron chi connectivity index (χ2n) is 2.77. The van der Waals surface area contributed by atoms with Gasteiger partial charge >= 0.3 is 4.11 Å². The molecule has 0 saturated heterocycles. The van der Waals surface area contributed by atoms with Gasteiger partial charge in [-0.25, -0.2) is 0 Å². The molecule has 1 rings (SSSR count). The van der Waals surface area contributed by atoms with Crippen molar-refractivity contribution >= 4 is 0 Å². The van der Waals surface area contributed by atoms with E-state index in [9.17, 15) is 0 Å². The van der Waals surface area contributed by atoms with E-state index in [0.717, 1.165) is 16.7 Å². The third kappa shape index (κ3) is 1.91. The quantitative estimate of drug-likeness (QED) is 0.564. The molecule has 0 aliphatic heterocycles. The lowest BCUT2D eigenvalue weighted by Gasteiger charge is -1.99. The maximum Gasteiger partial charge on any atom is 0.321 e. The van der Waals surface area contributed by atoms with Gasteiger partial charge in [0.15, 0.2) is 0 Å². The normalized spacial score (nSPS) is 12.5. The molecule has 0 aromatic heterocycles. The average Bonchev–Trinajstić information content (AvgIpc) is 2.19. The molecule has 0 fully saturated rings. The van der Waals surface area contributed by atoms with Crippen LogP contribution in [0.3, 0.4) is 0 Å². The van der Waals surface area contributed by atoms with Crippen LogP contribution < -0.4 is 0 Å². The number of hydrogen-bond acceptors (Lipinski definition) is 0. The van der Waals surface area contributed by atoms with Crippen molar-refractivity contribution in [2.24, 2.45) is 0 Å². The van der Waals surface area contributed by atoms with Gasteiger partial charge in [0.2, 0.25) is 0 Å². The van der Waals surface area contributed by atoms with Gasteiger partial charge in [-0.15, -0.1) is 0 Å². The van der Waals surface area contributed by atoms with Crippen molar-refractivity contribution in [2.45, 2.75) is 19.3 Å². The van der Waals surface area contributed by atoms with Crippen molar-refractivity contribution in [3.8, 4) is 0 Å². The van der Waals surface area contributed by atoms with Crippen LogP contribution in [0.5, 0.6) is 0 Å². The summed E-state index contributed by atoms with van der Waals surface area (Å²) in [5, 5.41) is 0. The Balaban J connectivity index is 2.86. The van der Waals surface area contributed by atoms with E-state index >= 15 is 0 Å². The molecule has 0 atom stereocenters. The van der Waals surface area contributed by atoms with Gasteiger partial charge in [0.1, 0.15) is 19.3 Å². The highest BCUT2D eigenvalue weighted by Crippen LogP contribution is 2.11. The fourth-order valence-electron chi connectivity index (χ4n) is 1.19. The van der Waals surface area contributed by atoms with E-state index in [4.69, 9.17) is 4.11 Å². The summed E-state index contributed by atoms with van der Waals surface area (Å²) in [6.45, 7) is 4.12. The molecule has 0 unspecified atom stereocenters. The zero-order chi connectivity index (χ0) is 11.1. The Morgan fingerprint density at radius 3 is 1.42 bits per heavy atom. The topological polar surface area (TPSA) is 0 Å². The molecular weight excluding hydrogens is 144 g/mol. The van der Waals surface area contributed by atoms with Crippen LogP contribution in [-0.4, -0.2) is 0 Å². The fraction of sp³-hybridized carbons (Fsp3) is 0.250. The van der Waals surface area contributed by atoms with Gasteiger partial charge < -0.3 is 0 Å². The summed E-state index contributed by atoms with van der Waals surface area (Å²) in [6, 6.07) is 6.05. The molecule has 0 saturated carbocycles. The number of hydrogen-bond donors (Lipinski definition) is 0. The highest BCUT2D eigenvalue weighted by atomic mass is 14.0. The van der Waals surface area contributed by atoms with E-state index in [1.54, 1.807) is 0 Å². The summed E-state index contributed by atoms with van der Waals surface area (Å²) in [5.41, 5.74) is 3.25. The SMILES string of the molecule is [2H][CH+]Cc1cc(C[CH+][2H])cc(C[CH+][2H])c1. The van der Waals surface area contributed by atoms with Gasteiger partial charge in [0.05, 0.1) is 20.7 Å². The average molecular weight is 162 g/mol. The molecule has 0 amide bonds. The molecule has 0 heterocycles. The Kier molecular flexibility index (Phi) is 1.83. The lowest BCUT2D eigenvalue weighted by Crippen LogP contribution is -1.90. The predicted octanol–water partition coefficient (Wildman–Crippen LogP) is 2.82. The zero-order valence-electron chi connectivity index (χ0n) is 10.1. The third-order valence-corrected chi connectivity index (χ3v) is 1.82. The van der Waals surface area contributed by atoms with Crippen LogP contribution >= 0.6 is 0 Å². The molecule has 0 aliphatic rings. The van der Waals surface area contributed by atoms with Crippen molar-refractivity contribution < 1.29 is 4.11 Å². The van der Waals surface area contributed by atoms with E-state index in [-0.39, 0.29) is 0 Å². The van der Waals surface area contributed by atoms with Crippen molar-refractivity contribution in [1.29, 1.82) is 0 Å². The standard InChI is InChI=1S/C12H15/c1-4-10-7-11(5-2)9-12(6-3)8-10/h7-9H,1-6H2/q+3/i1D,2D,3D. The molecule has 1 aromatic rings. The zero-order valence-corrected chi connectivity index (χ0v) is 7.09. The van der Waals surface area contributed by atoms with Gasteiger partial charge in [-0.3, -0.25) is 0 Å². The minimum Gasteiger partial charge on any atom is -0.0473 e. The number of rotatable bonds is 6. The largest absolute Gasteiger partial charge is 0.321 e. The van der Waals surface area contributed by atoms with Crippen LogP contribution in [0.1, 0.15) is 20.8 Å². The first-order valence-electron chi connectivity index (χ1n) is 5.75. The summed E-state index contributed by atoms with van der Waals surface area (Å²) in [6.07, 6.45) is 1.87. The lowest BCUT2D eigenvalue weighted by molar-refractivity contribution is 1.15. The lowest BCUT2D eigenvalue weighted by atomic mass is 10.0. The number of benzene rings is 1. The third-order valence-electron chi connectivity index (χ3n) is 1.82. The highest BCUT2D eigenvalue weighted by molar-refractivity contribution is 5.31. The summed E-state index contributed by atoms with van der Waals surface area (Å²) in [5.74, 6) is 0. The van der Waals surface area contributed by atoms with E-state index < -0.39 is 0 Å². The van der Waals surface area contributed by atoms with Crippen LogP contribution in [0, 0.1) is 20.7 Å². The Morgan fingerprint density at radius 2 is 1.17 bits per heavy atom. The number of aryl methyl sites for hydroxylation is 3. The molecule has 0 aliphatic carbocycles. The summed E-state index contributed by atoms with van der Waals surface area (Å²) in [4.78, 5) is 0. The van der Waals surface area contributed by atoms with Crippen LogP contribution in [-0.2, 0) is 19.3 Å². The molecule has 1 aromatic carbocycles. The first kappa shape index (κ1) is 5.47. The molecule has 0 nitrogen and oxygen atoms in total. The van der Waals surface area contributed by atoms with Crippen LogP contribution in [0.15, 0.2) is 18.2 Å². The minimum atomic E-state index is 0.622. The summed E-state index contributed by atoms with van der Waals surface area (Å²) >= 11 is 0. The molecule has 12 heavy (non-hydrogen) atoms. The molecule has 0 N–H and O–H groups in total. The van der Waals surface area contributed by atoms with Gasteiger partial charge in [-0.1, -0.05) is 0 Å². The van der Waals surface area contributed by atoms with E-state index in [1.807, 2.05) is 18.2 Å². The molecule has 0 spiro atoms. The first-order valence-corrected chi connectivity index (χ1v) is 4.02. The molecule has 0 heteroatoms. The van der Waals surface area contributed by atoms with Crippen LogP contribution in [0.4, 0.5) is 0 Å². The Hall–Kier alpha value is -1.17. The van der Waals surface area contributed by atoms with Gasteiger partial charge in [-0.05, 0) is 34.9 Å². The first-order chi connectivity index (χ1) is 7.30. The Labute approximate surface area is 79.8 Å². The van der Waals surface area contributed by atoms with E-state index in [2.05, 4.69) is 0 Å². The highest BCUT2D eigenvalue weighted by Gasteiger charge is 2.02. The molecular formula is C12H15+3. The molecule has 60 valence electrons. The summed E-state index contributed by atoms with van der Waals surface area (Å²) < 4.78 is 21.2. The smallest absolute Gasteiger partial charge is 0.0473 e.